The van der Waals surface area contributed by atoms with Crippen LogP contribution in [0.25, 0.3) is 10.2 Å². The van der Waals surface area contributed by atoms with Crippen LogP contribution in [0.15, 0.2) is 59.4 Å². The Balaban J connectivity index is 1.45. The number of aromatic nitrogens is 1. The Morgan fingerprint density at radius 1 is 1.04 bits per heavy atom. The van der Waals surface area contributed by atoms with Crippen LogP contribution in [0.3, 0.4) is 0 Å². The van der Waals surface area contributed by atoms with Crippen molar-refractivity contribution in [1.82, 2.24) is 9.88 Å². The van der Waals surface area contributed by atoms with Crippen LogP contribution < -0.4 is 10.2 Å². The fourth-order valence-electron chi connectivity index (χ4n) is 2.69. The van der Waals surface area contributed by atoms with Crippen LogP contribution in [-0.2, 0) is 17.8 Å². The Hall–Kier alpha value is -2.40. The number of hydrogen-bond donors (Lipinski definition) is 1. The van der Waals surface area contributed by atoms with Gasteiger partial charge >= 0.3 is 4.87 Å². The highest BCUT2D eigenvalue weighted by Crippen LogP contribution is 2.16. The third kappa shape index (κ3) is 4.11. The molecule has 1 aromatic heterocycles. The van der Waals surface area contributed by atoms with Crippen LogP contribution in [0.4, 0.5) is 0 Å². The summed E-state index contributed by atoms with van der Waals surface area (Å²) >= 11 is 1.23. The van der Waals surface area contributed by atoms with Crippen LogP contribution in [0.2, 0.25) is 0 Å². The number of para-hydroxylation sites is 1. The summed E-state index contributed by atoms with van der Waals surface area (Å²) in [6.07, 6.45) is 2.19. The highest BCUT2D eigenvalue weighted by molar-refractivity contribution is 7.16. The van der Waals surface area contributed by atoms with E-state index in [9.17, 15) is 9.59 Å². The van der Waals surface area contributed by atoms with Gasteiger partial charge in [0, 0.05) is 19.5 Å². The number of nitrogens with zero attached hydrogens (tertiary/aromatic N) is 1. The highest BCUT2D eigenvalue weighted by atomic mass is 32.1. The molecule has 0 bridgehead atoms. The number of hydrogen-bond acceptors (Lipinski definition) is 3. The fourth-order valence-corrected chi connectivity index (χ4v) is 3.61. The zero-order valence-corrected chi connectivity index (χ0v) is 14.2. The Morgan fingerprint density at radius 2 is 1.79 bits per heavy atom. The topological polar surface area (TPSA) is 51.1 Å². The van der Waals surface area contributed by atoms with Gasteiger partial charge in [0.15, 0.2) is 0 Å². The second-order valence-electron chi connectivity index (χ2n) is 5.68. The normalized spacial score (nSPS) is 10.8. The average molecular weight is 340 g/mol. The van der Waals surface area contributed by atoms with Gasteiger partial charge in [-0.2, -0.15) is 0 Å². The third-order valence-electron chi connectivity index (χ3n) is 3.94. The largest absolute Gasteiger partial charge is 0.356 e. The van der Waals surface area contributed by atoms with Crippen LogP contribution in [-0.4, -0.2) is 17.0 Å². The van der Waals surface area contributed by atoms with Crippen molar-refractivity contribution >= 4 is 27.5 Å². The van der Waals surface area contributed by atoms with Crippen molar-refractivity contribution in [2.24, 2.45) is 0 Å². The van der Waals surface area contributed by atoms with Crippen LogP contribution in [0.5, 0.6) is 0 Å². The average Bonchev–Trinajstić information content (AvgIpc) is 2.93. The van der Waals surface area contributed by atoms with Gasteiger partial charge in [0.1, 0.15) is 0 Å². The lowest BCUT2D eigenvalue weighted by Gasteiger charge is -2.06. The summed E-state index contributed by atoms with van der Waals surface area (Å²) in [5, 5.41) is 2.93. The monoisotopic (exact) mass is 340 g/mol. The van der Waals surface area contributed by atoms with Gasteiger partial charge in [0.05, 0.1) is 10.2 Å². The van der Waals surface area contributed by atoms with Crippen LogP contribution >= 0.6 is 11.3 Å². The molecule has 3 rings (SSSR count). The summed E-state index contributed by atoms with van der Waals surface area (Å²) in [7, 11) is 0. The lowest BCUT2D eigenvalue weighted by atomic mass is 10.1. The molecule has 1 N–H and O–H groups in total. The lowest BCUT2D eigenvalue weighted by Crippen LogP contribution is -2.27. The summed E-state index contributed by atoms with van der Waals surface area (Å²) in [6, 6.07) is 17.9. The smallest absolute Gasteiger partial charge is 0.308 e. The molecule has 2 aromatic carbocycles. The Labute approximate surface area is 144 Å². The first-order valence-electron chi connectivity index (χ1n) is 8.13. The van der Waals surface area contributed by atoms with Crippen molar-refractivity contribution in [2.75, 3.05) is 6.54 Å². The molecule has 0 saturated heterocycles. The van der Waals surface area contributed by atoms with E-state index >= 15 is 0 Å². The minimum Gasteiger partial charge on any atom is -0.356 e. The van der Waals surface area contributed by atoms with Gasteiger partial charge in [0.25, 0.3) is 0 Å². The second-order valence-corrected chi connectivity index (χ2v) is 6.67. The number of carbonyl (C=O) groups is 1. The van der Waals surface area contributed by atoms with E-state index in [1.54, 1.807) is 4.57 Å². The second kappa shape index (κ2) is 7.93. The fraction of sp³-hybridized carbons (Fsp3) is 0.263. The molecular formula is C19H20N2O2S. The van der Waals surface area contributed by atoms with E-state index < -0.39 is 0 Å². The molecule has 3 aromatic rings. The van der Waals surface area contributed by atoms with Gasteiger partial charge < -0.3 is 5.32 Å². The van der Waals surface area contributed by atoms with E-state index in [2.05, 4.69) is 17.4 Å². The molecule has 0 radical (unpaired) electrons. The molecule has 4 nitrogen and oxygen atoms in total. The predicted molar refractivity (Wildman–Crippen MR) is 98.5 cm³/mol. The molecule has 0 fully saturated rings. The van der Waals surface area contributed by atoms with Gasteiger partial charge in [-0.3, -0.25) is 14.2 Å². The molecule has 0 aliphatic rings. The predicted octanol–water partition coefficient (Wildman–Crippen LogP) is 3.20. The summed E-state index contributed by atoms with van der Waals surface area (Å²) in [5.41, 5.74) is 2.19. The SMILES string of the molecule is O=C(CCn1c(=O)sc2ccccc21)NCCCc1ccccc1. The zero-order chi connectivity index (χ0) is 16.8. The molecule has 0 aliphatic carbocycles. The Bertz CT molecular complexity index is 868. The number of nitrogens with one attached hydrogen (secondary N) is 1. The first-order valence-corrected chi connectivity index (χ1v) is 8.95. The number of benzene rings is 2. The molecule has 0 unspecified atom stereocenters. The maximum atomic E-state index is 12.0. The van der Waals surface area contributed by atoms with E-state index in [4.69, 9.17) is 0 Å². The van der Waals surface area contributed by atoms with E-state index in [0.717, 1.165) is 23.1 Å². The first-order chi connectivity index (χ1) is 11.7. The number of aryl methyl sites for hydroxylation is 2. The van der Waals surface area contributed by atoms with Crippen molar-refractivity contribution in [1.29, 1.82) is 0 Å². The van der Waals surface area contributed by atoms with Gasteiger partial charge in [-0.05, 0) is 30.5 Å². The molecule has 0 saturated carbocycles. The number of thiazole rings is 1. The van der Waals surface area contributed by atoms with Gasteiger partial charge in [-0.25, -0.2) is 0 Å². The van der Waals surface area contributed by atoms with Crippen molar-refractivity contribution in [3.8, 4) is 0 Å². The van der Waals surface area contributed by atoms with E-state index in [0.29, 0.717) is 19.5 Å². The van der Waals surface area contributed by atoms with E-state index in [-0.39, 0.29) is 10.8 Å². The molecule has 0 aliphatic heterocycles. The third-order valence-corrected chi connectivity index (χ3v) is 4.90. The Morgan fingerprint density at radius 3 is 2.62 bits per heavy atom. The van der Waals surface area contributed by atoms with Crippen LogP contribution in [0, 0.1) is 0 Å². The quantitative estimate of drug-likeness (QED) is 0.672. The molecular weight excluding hydrogens is 320 g/mol. The maximum absolute atomic E-state index is 12.0. The first kappa shape index (κ1) is 16.5. The van der Waals surface area contributed by atoms with Crippen molar-refractivity contribution in [2.45, 2.75) is 25.8 Å². The summed E-state index contributed by atoms with van der Waals surface area (Å²) in [4.78, 5) is 24.0. The van der Waals surface area contributed by atoms with Gasteiger partial charge in [0.2, 0.25) is 5.91 Å². The summed E-state index contributed by atoms with van der Waals surface area (Å²) in [6.45, 7) is 1.08. The molecule has 1 heterocycles. The minimum absolute atomic E-state index is 0.00641. The molecule has 5 heteroatoms. The number of fused-ring (bicyclic) bond motifs is 1. The molecule has 1 amide bonds. The van der Waals surface area contributed by atoms with E-state index in [1.807, 2.05) is 42.5 Å². The van der Waals surface area contributed by atoms with Crippen molar-refractivity contribution < 1.29 is 4.79 Å². The Kier molecular flexibility index (Phi) is 5.43. The minimum atomic E-state index is -0.00903. The summed E-state index contributed by atoms with van der Waals surface area (Å²) in [5.74, 6) is -0.00903. The van der Waals surface area contributed by atoms with Crippen molar-refractivity contribution in [3.63, 3.8) is 0 Å². The molecule has 24 heavy (non-hydrogen) atoms. The lowest BCUT2D eigenvalue weighted by molar-refractivity contribution is -0.121. The number of carbonyl (C=O) groups excluding carboxylic acids is 1. The summed E-state index contributed by atoms with van der Waals surface area (Å²) < 4.78 is 2.65. The zero-order valence-electron chi connectivity index (χ0n) is 13.4. The molecule has 0 spiro atoms. The standard InChI is InChI=1S/C19H20N2O2S/c22-18(20-13-6-9-15-7-2-1-3-8-15)12-14-21-16-10-4-5-11-17(16)24-19(21)23/h1-5,7-8,10-11H,6,9,12-14H2,(H,20,22). The molecule has 124 valence electrons. The van der Waals surface area contributed by atoms with Gasteiger partial charge in [-0.15, -0.1) is 0 Å². The van der Waals surface area contributed by atoms with Crippen LogP contribution in [0.1, 0.15) is 18.4 Å². The number of rotatable bonds is 7. The van der Waals surface area contributed by atoms with E-state index in [1.165, 1.54) is 16.9 Å². The number of amides is 1. The van der Waals surface area contributed by atoms with Crippen molar-refractivity contribution in [3.05, 3.63) is 69.8 Å². The molecule has 0 atom stereocenters. The highest BCUT2D eigenvalue weighted by Gasteiger charge is 2.08. The van der Waals surface area contributed by atoms with Gasteiger partial charge in [-0.1, -0.05) is 53.8 Å². The maximum Gasteiger partial charge on any atom is 0.308 e.